The molecule has 1 unspecified atom stereocenters. The first-order valence-electron chi connectivity index (χ1n) is 7.55. The van der Waals surface area contributed by atoms with Crippen LogP contribution in [0.2, 0.25) is 0 Å². The van der Waals surface area contributed by atoms with Crippen LogP contribution in [-0.2, 0) is 0 Å². The number of likely N-dealkylation sites (N-methyl/N-ethyl adjacent to an activating group) is 1. The van der Waals surface area contributed by atoms with Crippen LogP contribution in [0.15, 0.2) is 12.3 Å². The van der Waals surface area contributed by atoms with Gasteiger partial charge in [-0.1, -0.05) is 0 Å². The molecule has 0 radical (unpaired) electrons. The van der Waals surface area contributed by atoms with Crippen LogP contribution in [-0.4, -0.2) is 48.1 Å². The number of piperidine rings is 2. The Balaban J connectivity index is 1.75. The first kappa shape index (κ1) is 13.0. The smallest absolute Gasteiger partial charge is 0.131 e. The molecule has 2 saturated heterocycles. The molecule has 1 aromatic heterocycles. The summed E-state index contributed by atoms with van der Waals surface area (Å²) in [5.41, 5.74) is 1.26. The Morgan fingerprint density at radius 1 is 1.21 bits per heavy atom. The molecule has 4 nitrogen and oxygen atoms in total. The second-order valence-corrected chi connectivity index (χ2v) is 5.97. The zero-order chi connectivity index (χ0) is 13.1. The maximum atomic E-state index is 4.89. The minimum Gasteiger partial charge on any atom is -0.317 e. The number of rotatable bonds is 2. The lowest BCUT2D eigenvalue weighted by atomic mass is 9.93. The van der Waals surface area contributed by atoms with Gasteiger partial charge in [0.25, 0.3) is 0 Å². The molecule has 0 amide bonds. The molecule has 3 rings (SSSR count). The van der Waals surface area contributed by atoms with Crippen molar-refractivity contribution in [1.29, 1.82) is 0 Å². The van der Waals surface area contributed by atoms with Gasteiger partial charge in [0.15, 0.2) is 0 Å². The molecule has 4 heteroatoms. The summed E-state index contributed by atoms with van der Waals surface area (Å²) < 4.78 is 0. The number of aromatic nitrogens is 2. The average molecular weight is 260 g/mol. The van der Waals surface area contributed by atoms with Gasteiger partial charge in [0, 0.05) is 30.3 Å². The third-order valence-electron chi connectivity index (χ3n) is 4.44. The fourth-order valence-electron chi connectivity index (χ4n) is 3.30. The minimum absolute atomic E-state index is 0.558. The number of nitrogens with zero attached hydrogens (tertiary/aromatic N) is 3. The summed E-state index contributed by atoms with van der Waals surface area (Å²) in [6.07, 6.45) is 6.87. The van der Waals surface area contributed by atoms with Crippen molar-refractivity contribution in [2.75, 3.05) is 33.2 Å². The molecular weight excluding hydrogens is 236 g/mol. The van der Waals surface area contributed by atoms with Crippen molar-refractivity contribution in [3.8, 4) is 0 Å². The molecule has 2 aliphatic rings. The minimum atomic E-state index is 0.558. The van der Waals surface area contributed by atoms with Gasteiger partial charge in [-0.3, -0.25) is 0 Å². The quantitative estimate of drug-likeness (QED) is 0.879. The van der Waals surface area contributed by atoms with Gasteiger partial charge in [0.2, 0.25) is 0 Å². The molecule has 0 spiro atoms. The van der Waals surface area contributed by atoms with Gasteiger partial charge in [0.1, 0.15) is 5.82 Å². The van der Waals surface area contributed by atoms with E-state index in [0.29, 0.717) is 11.8 Å². The van der Waals surface area contributed by atoms with E-state index in [9.17, 15) is 0 Å². The third kappa shape index (κ3) is 3.12. The maximum absolute atomic E-state index is 4.89. The lowest BCUT2D eigenvalue weighted by molar-refractivity contribution is 0.248. The molecular formula is C15H24N4. The second kappa shape index (κ2) is 5.97. The van der Waals surface area contributed by atoms with E-state index >= 15 is 0 Å². The lowest BCUT2D eigenvalue weighted by Crippen LogP contribution is -2.31. The Hall–Kier alpha value is -1.00. The summed E-state index contributed by atoms with van der Waals surface area (Å²) in [6, 6.07) is 2.12. The van der Waals surface area contributed by atoms with Crippen LogP contribution >= 0.6 is 0 Å². The predicted molar refractivity (Wildman–Crippen MR) is 76.3 cm³/mol. The van der Waals surface area contributed by atoms with Gasteiger partial charge in [0.05, 0.1) is 0 Å². The van der Waals surface area contributed by atoms with Crippen LogP contribution in [0.4, 0.5) is 0 Å². The predicted octanol–water partition coefficient (Wildman–Crippen LogP) is 1.75. The van der Waals surface area contributed by atoms with Crippen LogP contribution in [0.25, 0.3) is 0 Å². The third-order valence-corrected chi connectivity index (χ3v) is 4.44. The van der Waals surface area contributed by atoms with E-state index in [0.717, 1.165) is 25.5 Å². The number of hydrogen-bond donors (Lipinski definition) is 1. The van der Waals surface area contributed by atoms with E-state index in [1.165, 1.54) is 37.9 Å². The summed E-state index contributed by atoms with van der Waals surface area (Å²) in [4.78, 5) is 11.8. The highest BCUT2D eigenvalue weighted by molar-refractivity contribution is 5.12. The topological polar surface area (TPSA) is 41.1 Å². The second-order valence-electron chi connectivity index (χ2n) is 5.97. The zero-order valence-corrected chi connectivity index (χ0v) is 11.8. The summed E-state index contributed by atoms with van der Waals surface area (Å²) in [6.45, 7) is 4.57. The number of nitrogens with one attached hydrogen (secondary N) is 1. The van der Waals surface area contributed by atoms with Gasteiger partial charge in [-0.2, -0.15) is 0 Å². The maximum Gasteiger partial charge on any atom is 0.131 e. The van der Waals surface area contributed by atoms with Crippen LogP contribution in [0.1, 0.15) is 49.0 Å². The fraction of sp³-hybridized carbons (Fsp3) is 0.733. The average Bonchev–Trinajstić information content (AvgIpc) is 2.48. The normalized spacial score (nSPS) is 26.5. The van der Waals surface area contributed by atoms with Crippen LogP contribution in [0.3, 0.4) is 0 Å². The first-order valence-corrected chi connectivity index (χ1v) is 7.55. The van der Waals surface area contributed by atoms with E-state index in [-0.39, 0.29) is 0 Å². The van der Waals surface area contributed by atoms with Crippen LogP contribution in [0, 0.1) is 0 Å². The van der Waals surface area contributed by atoms with Gasteiger partial charge >= 0.3 is 0 Å². The van der Waals surface area contributed by atoms with Crippen molar-refractivity contribution in [3.63, 3.8) is 0 Å². The van der Waals surface area contributed by atoms with Crippen molar-refractivity contribution in [2.45, 2.75) is 37.5 Å². The lowest BCUT2D eigenvalue weighted by Gasteiger charge is -2.29. The SMILES string of the molecule is CN1CCCC(c2ccnc(C3CCNCC3)n2)C1. The first-order chi connectivity index (χ1) is 9.33. The Labute approximate surface area is 115 Å². The standard InChI is InChI=1S/C15H24N4/c1-19-10-2-3-13(11-19)14-6-9-17-15(18-14)12-4-7-16-8-5-12/h6,9,12-13,16H,2-5,7-8,10-11H2,1H3. The Morgan fingerprint density at radius 3 is 2.84 bits per heavy atom. The Kier molecular flexibility index (Phi) is 4.09. The summed E-state index contributed by atoms with van der Waals surface area (Å²) >= 11 is 0. The zero-order valence-electron chi connectivity index (χ0n) is 11.8. The van der Waals surface area contributed by atoms with Gasteiger partial charge in [-0.15, -0.1) is 0 Å². The van der Waals surface area contributed by atoms with Crippen LogP contribution in [0.5, 0.6) is 0 Å². The highest BCUT2D eigenvalue weighted by Gasteiger charge is 2.22. The molecule has 1 aromatic rings. The molecule has 0 aromatic carbocycles. The van der Waals surface area contributed by atoms with Crippen molar-refractivity contribution >= 4 is 0 Å². The molecule has 0 aliphatic carbocycles. The van der Waals surface area contributed by atoms with Crippen molar-refractivity contribution in [2.24, 2.45) is 0 Å². The van der Waals surface area contributed by atoms with Crippen LogP contribution < -0.4 is 5.32 Å². The summed E-state index contributed by atoms with van der Waals surface area (Å²) in [7, 11) is 2.21. The van der Waals surface area contributed by atoms with E-state index in [2.05, 4.69) is 28.3 Å². The largest absolute Gasteiger partial charge is 0.317 e. The monoisotopic (exact) mass is 260 g/mol. The number of hydrogen-bond acceptors (Lipinski definition) is 4. The highest BCUT2D eigenvalue weighted by Crippen LogP contribution is 2.27. The van der Waals surface area contributed by atoms with Gasteiger partial charge in [-0.25, -0.2) is 9.97 Å². The Bertz CT molecular complexity index is 414. The van der Waals surface area contributed by atoms with E-state index in [4.69, 9.17) is 4.98 Å². The number of likely N-dealkylation sites (tertiary alicyclic amines) is 1. The molecule has 19 heavy (non-hydrogen) atoms. The molecule has 2 fully saturated rings. The molecule has 0 saturated carbocycles. The van der Waals surface area contributed by atoms with Crippen molar-refractivity contribution in [3.05, 3.63) is 23.8 Å². The molecule has 1 N–H and O–H groups in total. The molecule has 0 bridgehead atoms. The molecule has 104 valence electrons. The fourth-order valence-corrected chi connectivity index (χ4v) is 3.30. The van der Waals surface area contributed by atoms with Gasteiger partial charge in [-0.05, 0) is 58.4 Å². The summed E-state index contributed by atoms with van der Waals surface area (Å²) in [5, 5.41) is 3.41. The Morgan fingerprint density at radius 2 is 2.05 bits per heavy atom. The van der Waals surface area contributed by atoms with Gasteiger partial charge < -0.3 is 10.2 Å². The molecule has 3 heterocycles. The van der Waals surface area contributed by atoms with E-state index in [1.54, 1.807) is 0 Å². The molecule has 2 aliphatic heterocycles. The van der Waals surface area contributed by atoms with Crippen molar-refractivity contribution < 1.29 is 0 Å². The summed E-state index contributed by atoms with van der Waals surface area (Å²) in [5.74, 6) is 2.23. The van der Waals surface area contributed by atoms with E-state index in [1.807, 2.05) is 6.20 Å². The highest BCUT2D eigenvalue weighted by atomic mass is 15.1. The molecule has 1 atom stereocenters. The van der Waals surface area contributed by atoms with E-state index < -0.39 is 0 Å². The van der Waals surface area contributed by atoms with Crippen molar-refractivity contribution in [1.82, 2.24) is 20.2 Å².